The smallest absolute Gasteiger partial charge is 0.313 e. The molecule has 4 nitrogen and oxygen atoms in total. The lowest BCUT2D eigenvalue weighted by atomic mass is 9.76. The molecule has 1 saturated heterocycles. The second-order valence-corrected chi connectivity index (χ2v) is 4.61. The second-order valence-electron chi connectivity index (χ2n) is 4.61. The molecule has 16 heavy (non-hydrogen) atoms. The van der Waals surface area contributed by atoms with E-state index >= 15 is 0 Å². The van der Waals surface area contributed by atoms with Crippen LogP contribution in [0.3, 0.4) is 0 Å². The molecule has 0 unspecified atom stereocenters. The molecule has 4 heteroatoms. The van der Waals surface area contributed by atoms with Gasteiger partial charge in [0.25, 0.3) is 0 Å². The topological polar surface area (TPSA) is 52.6 Å². The Morgan fingerprint density at radius 1 is 1.44 bits per heavy atom. The first kappa shape index (κ1) is 11.4. The van der Waals surface area contributed by atoms with Gasteiger partial charge in [0, 0.05) is 0 Å². The van der Waals surface area contributed by atoms with Crippen LogP contribution < -0.4 is 0 Å². The van der Waals surface area contributed by atoms with Gasteiger partial charge in [-0.1, -0.05) is 6.42 Å². The number of hydrogen-bond donors (Lipinski definition) is 0. The van der Waals surface area contributed by atoms with Crippen LogP contribution in [-0.4, -0.2) is 24.1 Å². The summed E-state index contributed by atoms with van der Waals surface area (Å²) in [5.41, 5.74) is -0.540. The highest BCUT2D eigenvalue weighted by Crippen LogP contribution is 2.44. The standard InChI is InChI=1S/C12H18O4/c1-2-15-11(14)9-8-10(13)16-12(9)6-4-3-5-7-12/h9H,2-8H2,1H3/t9-/m0/s1. The minimum absolute atomic E-state index is 0.193. The molecule has 1 saturated carbocycles. The maximum atomic E-state index is 11.8. The zero-order chi connectivity index (χ0) is 11.6. The van der Waals surface area contributed by atoms with Gasteiger partial charge in [0.05, 0.1) is 13.0 Å². The lowest BCUT2D eigenvalue weighted by molar-refractivity contribution is -0.161. The van der Waals surface area contributed by atoms with Crippen molar-refractivity contribution in [1.82, 2.24) is 0 Å². The summed E-state index contributed by atoms with van der Waals surface area (Å²) in [7, 11) is 0. The highest BCUT2D eigenvalue weighted by Gasteiger charge is 2.53. The summed E-state index contributed by atoms with van der Waals surface area (Å²) in [5, 5.41) is 0. The number of esters is 2. The third-order valence-electron chi connectivity index (χ3n) is 3.59. The fourth-order valence-electron chi connectivity index (χ4n) is 2.83. The molecule has 2 rings (SSSR count). The molecule has 0 amide bonds. The Labute approximate surface area is 95.3 Å². The Morgan fingerprint density at radius 3 is 2.75 bits per heavy atom. The summed E-state index contributed by atoms with van der Waals surface area (Å²) in [4.78, 5) is 23.2. The summed E-state index contributed by atoms with van der Waals surface area (Å²) in [6.07, 6.45) is 5.03. The lowest BCUT2D eigenvalue weighted by Gasteiger charge is -2.35. The van der Waals surface area contributed by atoms with Crippen molar-refractivity contribution in [3.05, 3.63) is 0 Å². The van der Waals surface area contributed by atoms with Gasteiger partial charge in [-0.15, -0.1) is 0 Å². The highest BCUT2D eigenvalue weighted by molar-refractivity contribution is 5.84. The van der Waals surface area contributed by atoms with Gasteiger partial charge in [0.1, 0.15) is 11.5 Å². The van der Waals surface area contributed by atoms with E-state index < -0.39 is 5.60 Å². The molecular formula is C12H18O4. The van der Waals surface area contributed by atoms with Crippen LogP contribution in [0, 0.1) is 5.92 Å². The first-order chi connectivity index (χ1) is 7.68. The van der Waals surface area contributed by atoms with Gasteiger partial charge < -0.3 is 9.47 Å². The largest absolute Gasteiger partial charge is 0.466 e. The van der Waals surface area contributed by atoms with E-state index in [9.17, 15) is 9.59 Å². The van der Waals surface area contributed by atoms with E-state index in [1.165, 1.54) is 0 Å². The second kappa shape index (κ2) is 4.44. The maximum absolute atomic E-state index is 11.8. The Hall–Kier alpha value is -1.06. The third-order valence-corrected chi connectivity index (χ3v) is 3.59. The van der Waals surface area contributed by atoms with E-state index in [2.05, 4.69) is 0 Å². The maximum Gasteiger partial charge on any atom is 0.313 e. The normalized spacial score (nSPS) is 27.8. The number of rotatable bonds is 2. The molecule has 1 aliphatic heterocycles. The van der Waals surface area contributed by atoms with Gasteiger partial charge in [0.2, 0.25) is 0 Å². The van der Waals surface area contributed by atoms with Crippen LogP contribution in [0.1, 0.15) is 45.4 Å². The quantitative estimate of drug-likeness (QED) is 0.674. The predicted molar refractivity (Wildman–Crippen MR) is 56.6 cm³/mol. The molecule has 0 radical (unpaired) electrons. The summed E-state index contributed by atoms with van der Waals surface area (Å²) in [5.74, 6) is -0.893. The molecule has 0 N–H and O–H groups in total. The van der Waals surface area contributed by atoms with E-state index in [-0.39, 0.29) is 24.3 Å². The van der Waals surface area contributed by atoms with Crippen molar-refractivity contribution in [2.75, 3.05) is 6.61 Å². The third kappa shape index (κ3) is 1.93. The number of carbonyl (C=O) groups is 2. The molecule has 0 aromatic rings. The van der Waals surface area contributed by atoms with Crippen LogP contribution in [0.5, 0.6) is 0 Å². The molecule has 0 aromatic heterocycles. The molecular weight excluding hydrogens is 208 g/mol. The van der Waals surface area contributed by atoms with Crippen LogP contribution in [-0.2, 0) is 19.1 Å². The first-order valence-electron chi connectivity index (χ1n) is 6.06. The predicted octanol–water partition coefficient (Wildman–Crippen LogP) is 1.82. The molecule has 1 aliphatic carbocycles. The zero-order valence-corrected chi connectivity index (χ0v) is 9.66. The van der Waals surface area contributed by atoms with Crippen molar-refractivity contribution in [2.24, 2.45) is 5.92 Å². The van der Waals surface area contributed by atoms with Gasteiger partial charge in [-0.3, -0.25) is 9.59 Å². The molecule has 1 heterocycles. The fraction of sp³-hybridized carbons (Fsp3) is 0.833. The minimum atomic E-state index is -0.540. The molecule has 1 atom stereocenters. The fourth-order valence-corrected chi connectivity index (χ4v) is 2.83. The molecule has 90 valence electrons. The summed E-state index contributed by atoms with van der Waals surface area (Å²) < 4.78 is 10.5. The van der Waals surface area contributed by atoms with Crippen LogP contribution >= 0.6 is 0 Å². The molecule has 0 bridgehead atoms. The molecule has 1 spiro atoms. The van der Waals surface area contributed by atoms with Gasteiger partial charge in [-0.05, 0) is 32.6 Å². The van der Waals surface area contributed by atoms with Crippen molar-refractivity contribution in [3.63, 3.8) is 0 Å². The summed E-state index contributed by atoms with van der Waals surface area (Å²) >= 11 is 0. The van der Waals surface area contributed by atoms with E-state index in [0.29, 0.717) is 6.61 Å². The van der Waals surface area contributed by atoms with E-state index in [1.54, 1.807) is 6.92 Å². The van der Waals surface area contributed by atoms with Crippen molar-refractivity contribution in [3.8, 4) is 0 Å². The van der Waals surface area contributed by atoms with Crippen molar-refractivity contribution < 1.29 is 19.1 Å². The van der Waals surface area contributed by atoms with Crippen LogP contribution in [0.25, 0.3) is 0 Å². The molecule has 2 fully saturated rings. The number of carbonyl (C=O) groups excluding carboxylic acids is 2. The van der Waals surface area contributed by atoms with Gasteiger partial charge in [-0.25, -0.2) is 0 Å². The van der Waals surface area contributed by atoms with Crippen LogP contribution in [0.4, 0.5) is 0 Å². The summed E-state index contributed by atoms with van der Waals surface area (Å²) in [6.45, 7) is 2.14. The summed E-state index contributed by atoms with van der Waals surface area (Å²) in [6, 6.07) is 0. The highest BCUT2D eigenvalue weighted by atomic mass is 16.6. The monoisotopic (exact) mass is 226 g/mol. The van der Waals surface area contributed by atoms with Gasteiger partial charge in [0.15, 0.2) is 0 Å². The van der Waals surface area contributed by atoms with E-state index in [4.69, 9.17) is 9.47 Å². The van der Waals surface area contributed by atoms with E-state index in [1.807, 2.05) is 0 Å². The zero-order valence-electron chi connectivity index (χ0n) is 9.66. The Morgan fingerprint density at radius 2 is 2.12 bits per heavy atom. The Bertz CT molecular complexity index is 291. The van der Waals surface area contributed by atoms with E-state index in [0.717, 1.165) is 32.1 Å². The van der Waals surface area contributed by atoms with Gasteiger partial charge >= 0.3 is 11.9 Å². The average molecular weight is 226 g/mol. The molecule has 0 aromatic carbocycles. The first-order valence-corrected chi connectivity index (χ1v) is 6.06. The lowest BCUT2D eigenvalue weighted by Crippen LogP contribution is -2.42. The van der Waals surface area contributed by atoms with Crippen molar-refractivity contribution in [2.45, 2.75) is 51.0 Å². The van der Waals surface area contributed by atoms with Crippen molar-refractivity contribution in [1.29, 1.82) is 0 Å². The number of ether oxygens (including phenoxy) is 2. The minimum Gasteiger partial charge on any atom is -0.466 e. The van der Waals surface area contributed by atoms with Gasteiger partial charge in [-0.2, -0.15) is 0 Å². The Balaban J connectivity index is 2.14. The van der Waals surface area contributed by atoms with Crippen LogP contribution in [0.15, 0.2) is 0 Å². The average Bonchev–Trinajstić information content (AvgIpc) is 2.57. The van der Waals surface area contributed by atoms with Crippen molar-refractivity contribution >= 4 is 11.9 Å². The Kier molecular flexibility index (Phi) is 3.17. The molecule has 2 aliphatic rings. The SMILES string of the molecule is CCOC(=O)[C@@H]1CC(=O)OC12CCCCC2. The van der Waals surface area contributed by atoms with Crippen LogP contribution in [0.2, 0.25) is 0 Å². The number of hydrogen-bond acceptors (Lipinski definition) is 4.